The molecule has 0 bridgehead atoms. The van der Waals surface area contributed by atoms with Gasteiger partial charge >= 0.3 is 0 Å². The number of nitrogens with one attached hydrogen (secondary N) is 1. The summed E-state index contributed by atoms with van der Waals surface area (Å²) in [7, 11) is 0. The molecule has 1 aromatic heterocycles. The molecule has 2 fully saturated rings. The third kappa shape index (κ3) is 1.87. The van der Waals surface area contributed by atoms with Crippen LogP contribution in [-0.2, 0) is 4.74 Å². The number of rotatable bonds is 2. The quantitative estimate of drug-likeness (QED) is 0.906. The molecular formula is C17H19ClN2O. The molecule has 2 aromatic rings. The number of ether oxygens (including phenoxy) is 1. The molecule has 4 rings (SSSR count). The molecule has 3 nitrogen and oxygen atoms in total. The first-order chi connectivity index (χ1) is 10.1. The normalized spacial score (nSPS) is 30.0. The van der Waals surface area contributed by atoms with E-state index in [-0.39, 0.29) is 5.41 Å². The summed E-state index contributed by atoms with van der Waals surface area (Å²) >= 11 is 6.25. The number of halogens is 1. The molecule has 2 aliphatic rings. The van der Waals surface area contributed by atoms with Gasteiger partial charge in [0.05, 0.1) is 16.6 Å². The van der Waals surface area contributed by atoms with Crippen molar-refractivity contribution in [2.24, 2.45) is 11.3 Å². The Bertz CT molecular complexity index is 700. The maximum absolute atomic E-state index is 6.25. The second kappa shape index (κ2) is 4.59. The summed E-state index contributed by atoms with van der Waals surface area (Å²) in [5.74, 6) is 0.613. The molecule has 0 radical (unpaired) electrons. The van der Waals surface area contributed by atoms with E-state index >= 15 is 0 Å². The lowest BCUT2D eigenvalue weighted by atomic mass is 9.57. The highest BCUT2D eigenvalue weighted by Gasteiger charge is 2.59. The van der Waals surface area contributed by atoms with Gasteiger partial charge in [-0.1, -0.05) is 25.4 Å². The lowest BCUT2D eigenvalue weighted by Gasteiger charge is -2.55. The van der Waals surface area contributed by atoms with Gasteiger partial charge in [-0.15, -0.1) is 0 Å². The second-order valence-corrected chi connectivity index (χ2v) is 7.09. The van der Waals surface area contributed by atoms with E-state index in [4.69, 9.17) is 16.3 Å². The number of fused-ring (bicyclic) bond motifs is 2. The highest BCUT2D eigenvalue weighted by Crippen LogP contribution is 2.53. The Labute approximate surface area is 129 Å². The molecule has 1 aromatic carbocycles. The van der Waals surface area contributed by atoms with Crippen LogP contribution in [-0.4, -0.2) is 23.7 Å². The zero-order valence-corrected chi connectivity index (χ0v) is 13.0. The van der Waals surface area contributed by atoms with E-state index in [1.54, 1.807) is 6.20 Å². The van der Waals surface area contributed by atoms with Gasteiger partial charge in [0.15, 0.2) is 0 Å². The molecule has 0 spiro atoms. The third-order valence-corrected chi connectivity index (χ3v) is 5.44. The zero-order valence-electron chi connectivity index (χ0n) is 12.3. The minimum absolute atomic E-state index is 0.162. The summed E-state index contributed by atoms with van der Waals surface area (Å²) in [6.45, 7) is 5.46. The summed E-state index contributed by atoms with van der Waals surface area (Å²) in [6.07, 6.45) is 3.33. The van der Waals surface area contributed by atoms with Gasteiger partial charge in [-0.2, -0.15) is 0 Å². The number of aromatic nitrogens is 1. The van der Waals surface area contributed by atoms with Crippen molar-refractivity contribution >= 4 is 28.2 Å². The minimum Gasteiger partial charge on any atom is -0.381 e. The van der Waals surface area contributed by atoms with Crippen LogP contribution in [0.4, 0.5) is 5.69 Å². The van der Waals surface area contributed by atoms with Crippen LogP contribution in [0.1, 0.15) is 20.3 Å². The maximum Gasteiger partial charge on any atom is 0.0908 e. The highest BCUT2D eigenvalue weighted by molar-refractivity contribution is 6.35. The lowest BCUT2D eigenvalue weighted by molar-refractivity contribution is -0.0922. The number of nitrogens with zero attached hydrogens (tertiary/aromatic N) is 1. The van der Waals surface area contributed by atoms with E-state index in [1.165, 1.54) is 0 Å². The van der Waals surface area contributed by atoms with Crippen LogP contribution in [0.15, 0.2) is 30.5 Å². The topological polar surface area (TPSA) is 34.2 Å². The smallest absolute Gasteiger partial charge is 0.0908 e. The van der Waals surface area contributed by atoms with Crippen LogP contribution in [0.5, 0.6) is 0 Å². The summed E-state index contributed by atoms with van der Waals surface area (Å²) in [5.41, 5.74) is 2.14. The molecule has 3 atom stereocenters. The molecule has 1 saturated heterocycles. The van der Waals surface area contributed by atoms with Gasteiger partial charge in [0.1, 0.15) is 0 Å². The van der Waals surface area contributed by atoms with Crippen molar-refractivity contribution in [3.63, 3.8) is 0 Å². The Morgan fingerprint density at radius 2 is 2.19 bits per heavy atom. The molecule has 1 aliphatic heterocycles. The molecule has 4 heteroatoms. The molecular weight excluding hydrogens is 284 g/mol. The van der Waals surface area contributed by atoms with Crippen LogP contribution in [0.3, 0.4) is 0 Å². The molecule has 1 saturated carbocycles. The summed E-state index contributed by atoms with van der Waals surface area (Å²) in [4.78, 5) is 4.40. The molecule has 110 valence electrons. The number of benzene rings is 1. The van der Waals surface area contributed by atoms with Crippen molar-refractivity contribution in [3.8, 4) is 0 Å². The fraction of sp³-hybridized carbons (Fsp3) is 0.471. The van der Waals surface area contributed by atoms with Crippen molar-refractivity contribution in [3.05, 3.63) is 35.5 Å². The Balaban J connectivity index is 1.71. The summed E-state index contributed by atoms with van der Waals surface area (Å²) < 4.78 is 5.87. The maximum atomic E-state index is 6.25. The summed E-state index contributed by atoms with van der Waals surface area (Å²) in [5, 5.41) is 5.52. The van der Waals surface area contributed by atoms with E-state index in [0.29, 0.717) is 23.1 Å². The van der Waals surface area contributed by atoms with E-state index in [0.717, 1.165) is 29.6 Å². The monoisotopic (exact) mass is 302 g/mol. The molecule has 1 N–H and O–H groups in total. The minimum atomic E-state index is 0.162. The standard InChI is InChI=1S/C17H19ClN2O/c1-17(2)15(11-7-9-21-16(11)17)20-13-6-5-12(18)14-10(13)4-3-8-19-14/h3-6,8,11,15-16,20H,7,9H2,1-2H3. The molecule has 1 aliphatic carbocycles. The largest absolute Gasteiger partial charge is 0.381 e. The van der Waals surface area contributed by atoms with Crippen molar-refractivity contribution in [1.29, 1.82) is 0 Å². The molecule has 21 heavy (non-hydrogen) atoms. The van der Waals surface area contributed by atoms with Crippen molar-refractivity contribution in [2.75, 3.05) is 11.9 Å². The van der Waals surface area contributed by atoms with Crippen molar-refractivity contribution in [1.82, 2.24) is 4.98 Å². The molecule has 2 heterocycles. The number of anilines is 1. The number of pyridine rings is 1. The Morgan fingerprint density at radius 1 is 1.33 bits per heavy atom. The number of hydrogen-bond donors (Lipinski definition) is 1. The average molecular weight is 303 g/mol. The second-order valence-electron chi connectivity index (χ2n) is 6.68. The van der Waals surface area contributed by atoms with Gasteiger partial charge in [0.2, 0.25) is 0 Å². The van der Waals surface area contributed by atoms with Gasteiger partial charge in [0, 0.05) is 41.3 Å². The van der Waals surface area contributed by atoms with Gasteiger partial charge < -0.3 is 10.1 Å². The molecule has 0 amide bonds. The van der Waals surface area contributed by atoms with Gasteiger partial charge in [-0.3, -0.25) is 4.98 Å². The SMILES string of the molecule is CC1(C)C(Nc2ccc(Cl)c3ncccc23)C2CCOC21. The highest BCUT2D eigenvalue weighted by atomic mass is 35.5. The van der Waals surface area contributed by atoms with E-state index in [1.807, 2.05) is 12.1 Å². The Hall–Kier alpha value is -1.32. The lowest BCUT2D eigenvalue weighted by Crippen LogP contribution is -2.63. The zero-order chi connectivity index (χ0) is 14.6. The van der Waals surface area contributed by atoms with Gasteiger partial charge in [0.25, 0.3) is 0 Å². The first-order valence-corrected chi connectivity index (χ1v) is 7.88. The third-order valence-electron chi connectivity index (χ3n) is 5.13. The van der Waals surface area contributed by atoms with E-state index < -0.39 is 0 Å². The predicted molar refractivity (Wildman–Crippen MR) is 85.8 cm³/mol. The van der Waals surface area contributed by atoms with Gasteiger partial charge in [-0.25, -0.2) is 0 Å². The van der Waals surface area contributed by atoms with Gasteiger partial charge in [-0.05, 0) is 30.7 Å². The van der Waals surface area contributed by atoms with Crippen LogP contribution in [0.25, 0.3) is 10.9 Å². The average Bonchev–Trinajstić information content (AvgIpc) is 2.94. The van der Waals surface area contributed by atoms with Crippen LogP contribution in [0.2, 0.25) is 5.02 Å². The van der Waals surface area contributed by atoms with Crippen molar-refractivity contribution < 1.29 is 4.74 Å². The Kier molecular flexibility index (Phi) is 2.92. The predicted octanol–water partition coefficient (Wildman–Crippen LogP) is 4.11. The van der Waals surface area contributed by atoms with Crippen LogP contribution < -0.4 is 5.32 Å². The summed E-state index contributed by atoms with van der Waals surface area (Å²) in [6, 6.07) is 8.45. The van der Waals surface area contributed by atoms with Crippen LogP contribution in [0, 0.1) is 11.3 Å². The fourth-order valence-electron chi connectivity index (χ4n) is 4.05. The fourth-order valence-corrected chi connectivity index (χ4v) is 4.26. The van der Waals surface area contributed by atoms with Crippen molar-refractivity contribution in [2.45, 2.75) is 32.4 Å². The van der Waals surface area contributed by atoms with E-state index in [2.05, 4.69) is 36.3 Å². The van der Waals surface area contributed by atoms with Crippen LogP contribution >= 0.6 is 11.6 Å². The number of hydrogen-bond acceptors (Lipinski definition) is 3. The van der Waals surface area contributed by atoms with E-state index in [9.17, 15) is 0 Å². The first-order valence-electron chi connectivity index (χ1n) is 7.50. The first kappa shape index (κ1) is 13.4. The Morgan fingerprint density at radius 3 is 3.05 bits per heavy atom. The molecule has 3 unspecified atom stereocenters.